The Kier molecular flexibility index (Phi) is 4.25. The van der Waals surface area contributed by atoms with Crippen LogP contribution in [0.15, 0.2) is 22.6 Å². The molecular weight excluding hydrogens is 337 g/mol. The Bertz CT molecular complexity index is 818. The van der Waals surface area contributed by atoms with Gasteiger partial charge in [0.25, 0.3) is 5.88 Å². The summed E-state index contributed by atoms with van der Waals surface area (Å²) in [5.41, 5.74) is -0.161. The highest BCUT2D eigenvalue weighted by molar-refractivity contribution is 7.92. The number of aromatic hydroxyl groups is 2. The van der Waals surface area contributed by atoms with Gasteiger partial charge in [-0.05, 0) is 25.1 Å². The van der Waals surface area contributed by atoms with Crippen molar-refractivity contribution in [3.63, 3.8) is 0 Å². The van der Waals surface area contributed by atoms with Crippen LogP contribution in [0, 0.1) is 5.82 Å². The molecule has 0 fully saturated rings. The number of sulfonamides is 1. The molecule has 1 aromatic carbocycles. The molecule has 2 rings (SSSR count). The van der Waals surface area contributed by atoms with E-state index in [0.717, 1.165) is 13.1 Å². The molecule has 2 aromatic rings. The molecule has 0 aliphatic carbocycles. The lowest BCUT2D eigenvalue weighted by Gasteiger charge is -2.14. The van der Waals surface area contributed by atoms with Crippen LogP contribution in [0.5, 0.6) is 11.5 Å². The standard InChI is InChI=1S/C13H13ClFNO5S/c1-3-22(19,20)16(2)13-11(18)10(17)12(21-13)8-5-4-7(14)6-9(8)15/h4-6,17-18H,3H2,1-2H3. The highest BCUT2D eigenvalue weighted by Crippen LogP contribution is 2.47. The zero-order valence-corrected chi connectivity index (χ0v) is 13.2. The molecule has 0 saturated carbocycles. The van der Waals surface area contributed by atoms with E-state index < -0.39 is 33.2 Å². The topological polar surface area (TPSA) is 91.0 Å². The normalized spacial score (nSPS) is 11.6. The Morgan fingerprint density at radius 2 is 1.95 bits per heavy atom. The average molecular weight is 350 g/mol. The minimum atomic E-state index is -3.72. The van der Waals surface area contributed by atoms with Gasteiger partial charge in [0.2, 0.25) is 21.5 Å². The summed E-state index contributed by atoms with van der Waals surface area (Å²) in [5.74, 6) is -3.46. The number of anilines is 1. The fraction of sp³-hybridized carbons (Fsp3) is 0.231. The van der Waals surface area contributed by atoms with Crippen molar-refractivity contribution < 1.29 is 27.4 Å². The van der Waals surface area contributed by atoms with Crippen LogP contribution in [0.3, 0.4) is 0 Å². The fourth-order valence-electron chi connectivity index (χ4n) is 1.79. The monoisotopic (exact) mass is 349 g/mol. The number of hydrogen-bond acceptors (Lipinski definition) is 5. The van der Waals surface area contributed by atoms with Crippen LogP contribution in [-0.2, 0) is 10.0 Å². The molecule has 0 bridgehead atoms. The first-order chi connectivity index (χ1) is 10.2. The summed E-state index contributed by atoms with van der Waals surface area (Å²) in [6, 6.07) is 3.61. The molecule has 1 heterocycles. The van der Waals surface area contributed by atoms with Gasteiger partial charge in [0.1, 0.15) is 5.82 Å². The van der Waals surface area contributed by atoms with Crippen molar-refractivity contribution in [2.24, 2.45) is 0 Å². The summed E-state index contributed by atoms with van der Waals surface area (Å²) in [4.78, 5) is 0. The fourth-order valence-corrected chi connectivity index (χ4v) is 2.71. The van der Waals surface area contributed by atoms with E-state index in [9.17, 15) is 23.0 Å². The maximum Gasteiger partial charge on any atom is 0.256 e. The van der Waals surface area contributed by atoms with Crippen molar-refractivity contribution in [2.75, 3.05) is 17.1 Å². The van der Waals surface area contributed by atoms with Crippen LogP contribution in [0.2, 0.25) is 5.02 Å². The minimum Gasteiger partial charge on any atom is -0.502 e. The van der Waals surface area contributed by atoms with Crippen LogP contribution in [-0.4, -0.2) is 31.4 Å². The molecular formula is C13H13ClFNO5S. The maximum absolute atomic E-state index is 13.9. The van der Waals surface area contributed by atoms with E-state index in [0.29, 0.717) is 4.31 Å². The molecule has 0 unspecified atom stereocenters. The second-order valence-electron chi connectivity index (χ2n) is 4.43. The van der Waals surface area contributed by atoms with Crippen LogP contribution in [0.1, 0.15) is 6.92 Å². The lowest BCUT2D eigenvalue weighted by atomic mass is 10.1. The molecule has 6 nitrogen and oxygen atoms in total. The van der Waals surface area contributed by atoms with E-state index in [1.807, 2.05) is 0 Å². The highest BCUT2D eigenvalue weighted by Gasteiger charge is 2.29. The Labute approximate surface area is 131 Å². The second kappa shape index (κ2) is 5.69. The summed E-state index contributed by atoms with van der Waals surface area (Å²) in [6.07, 6.45) is 0. The predicted molar refractivity (Wildman–Crippen MR) is 80.3 cm³/mol. The second-order valence-corrected chi connectivity index (χ2v) is 7.15. The summed E-state index contributed by atoms with van der Waals surface area (Å²) in [5, 5.41) is 19.9. The first-order valence-corrected chi connectivity index (χ1v) is 8.14. The molecule has 0 aliphatic rings. The molecule has 9 heteroatoms. The van der Waals surface area contributed by atoms with Gasteiger partial charge >= 0.3 is 0 Å². The Morgan fingerprint density at radius 1 is 1.32 bits per heavy atom. The first kappa shape index (κ1) is 16.4. The third kappa shape index (κ3) is 2.71. The van der Waals surface area contributed by atoms with Gasteiger partial charge in [0, 0.05) is 12.1 Å². The number of hydrogen-bond donors (Lipinski definition) is 2. The number of benzene rings is 1. The first-order valence-electron chi connectivity index (χ1n) is 6.15. The number of nitrogens with zero attached hydrogens (tertiary/aromatic N) is 1. The predicted octanol–water partition coefficient (Wildman–Crippen LogP) is 2.94. The van der Waals surface area contributed by atoms with Crippen LogP contribution >= 0.6 is 11.6 Å². The smallest absolute Gasteiger partial charge is 0.256 e. The Hall–Kier alpha value is -1.93. The third-order valence-corrected chi connectivity index (χ3v) is 5.05. The van der Waals surface area contributed by atoms with E-state index >= 15 is 0 Å². The Balaban J connectivity index is 2.60. The van der Waals surface area contributed by atoms with Crippen LogP contribution < -0.4 is 4.31 Å². The summed E-state index contributed by atoms with van der Waals surface area (Å²) in [7, 11) is -2.57. The molecule has 22 heavy (non-hydrogen) atoms. The lowest BCUT2D eigenvalue weighted by Crippen LogP contribution is -2.27. The summed E-state index contributed by atoms with van der Waals surface area (Å²) < 4.78 is 43.3. The van der Waals surface area contributed by atoms with Gasteiger partial charge in [-0.1, -0.05) is 11.6 Å². The zero-order valence-electron chi connectivity index (χ0n) is 11.7. The van der Waals surface area contributed by atoms with Gasteiger partial charge in [0.05, 0.1) is 11.3 Å². The molecule has 2 N–H and O–H groups in total. The third-order valence-electron chi connectivity index (χ3n) is 3.08. The van der Waals surface area contributed by atoms with Crippen molar-refractivity contribution in [3.05, 3.63) is 29.0 Å². The van der Waals surface area contributed by atoms with Gasteiger partial charge < -0.3 is 14.6 Å². The van der Waals surface area contributed by atoms with Gasteiger partial charge in [-0.2, -0.15) is 0 Å². The van der Waals surface area contributed by atoms with E-state index in [-0.39, 0.29) is 22.1 Å². The van der Waals surface area contributed by atoms with Gasteiger partial charge in [0.15, 0.2) is 5.76 Å². The van der Waals surface area contributed by atoms with Gasteiger partial charge in [-0.3, -0.25) is 0 Å². The Morgan fingerprint density at radius 3 is 2.50 bits per heavy atom. The highest BCUT2D eigenvalue weighted by atomic mass is 35.5. The number of halogens is 2. The quantitative estimate of drug-likeness (QED) is 0.885. The van der Waals surface area contributed by atoms with E-state index in [1.165, 1.54) is 19.1 Å². The molecule has 120 valence electrons. The molecule has 0 atom stereocenters. The summed E-state index contributed by atoms with van der Waals surface area (Å²) in [6.45, 7) is 1.41. The molecule has 0 amide bonds. The van der Waals surface area contributed by atoms with Crippen LogP contribution in [0.25, 0.3) is 11.3 Å². The number of rotatable bonds is 4. The van der Waals surface area contributed by atoms with Crippen molar-refractivity contribution in [1.29, 1.82) is 0 Å². The molecule has 1 aromatic heterocycles. The van der Waals surface area contributed by atoms with Gasteiger partial charge in [-0.25, -0.2) is 17.1 Å². The van der Waals surface area contributed by atoms with E-state index in [1.54, 1.807) is 0 Å². The molecule has 0 spiro atoms. The van der Waals surface area contributed by atoms with E-state index in [4.69, 9.17) is 16.0 Å². The minimum absolute atomic E-state index is 0.141. The molecule has 0 radical (unpaired) electrons. The van der Waals surface area contributed by atoms with Gasteiger partial charge in [-0.15, -0.1) is 0 Å². The SMILES string of the molecule is CCS(=O)(=O)N(C)c1oc(-c2ccc(Cl)cc2F)c(O)c1O. The lowest BCUT2D eigenvalue weighted by molar-refractivity contribution is 0.409. The zero-order chi connectivity index (χ0) is 16.7. The molecule has 0 aliphatic heterocycles. The van der Waals surface area contributed by atoms with Crippen molar-refractivity contribution in [1.82, 2.24) is 0 Å². The molecule has 0 saturated heterocycles. The van der Waals surface area contributed by atoms with Crippen LogP contribution in [0.4, 0.5) is 10.3 Å². The average Bonchev–Trinajstić information content (AvgIpc) is 2.75. The van der Waals surface area contributed by atoms with E-state index in [2.05, 4.69) is 0 Å². The maximum atomic E-state index is 13.9. The summed E-state index contributed by atoms with van der Waals surface area (Å²) >= 11 is 5.64. The number of furan rings is 1. The van der Waals surface area contributed by atoms with Crippen molar-refractivity contribution in [3.8, 4) is 22.8 Å². The van der Waals surface area contributed by atoms with Crippen molar-refractivity contribution in [2.45, 2.75) is 6.92 Å². The van der Waals surface area contributed by atoms with Crippen molar-refractivity contribution >= 4 is 27.5 Å². The largest absolute Gasteiger partial charge is 0.502 e.